The number of nitrogens with zero attached hydrogens (tertiary/aromatic N) is 1. The fourth-order valence-corrected chi connectivity index (χ4v) is 2.25. The van der Waals surface area contributed by atoms with E-state index in [0.29, 0.717) is 19.6 Å². The zero-order chi connectivity index (χ0) is 10.8. The van der Waals surface area contributed by atoms with Gasteiger partial charge in [-0.2, -0.15) is 0 Å². The highest BCUT2D eigenvalue weighted by Gasteiger charge is 2.38. The fraction of sp³-hybridized carbons (Fsp3) is 0.800. The molecule has 2 amide bonds. The molecule has 0 saturated carbocycles. The van der Waals surface area contributed by atoms with Crippen molar-refractivity contribution in [1.29, 1.82) is 0 Å². The second-order valence-electron chi connectivity index (χ2n) is 3.96. The van der Waals surface area contributed by atoms with E-state index in [1.807, 2.05) is 6.92 Å². The average Bonchev–Trinajstić information content (AvgIpc) is 2.74. The molecular formula is C10H16N2O3. The summed E-state index contributed by atoms with van der Waals surface area (Å²) in [6.45, 7) is 3.31. The van der Waals surface area contributed by atoms with Gasteiger partial charge in [-0.3, -0.25) is 9.59 Å². The predicted octanol–water partition coefficient (Wildman–Crippen LogP) is -0.488. The van der Waals surface area contributed by atoms with Crippen molar-refractivity contribution in [3.63, 3.8) is 0 Å². The first-order chi connectivity index (χ1) is 7.24. The van der Waals surface area contributed by atoms with E-state index in [1.54, 1.807) is 4.90 Å². The molecule has 84 valence electrons. The van der Waals surface area contributed by atoms with Crippen LogP contribution in [0.25, 0.3) is 0 Å². The SMILES string of the molecule is CCC1C(=O)NCC(=O)N1C1CCOC1. The van der Waals surface area contributed by atoms with Gasteiger partial charge in [-0.1, -0.05) is 6.92 Å². The molecule has 0 aromatic carbocycles. The van der Waals surface area contributed by atoms with Crippen molar-refractivity contribution in [2.75, 3.05) is 19.8 Å². The van der Waals surface area contributed by atoms with Crippen LogP contribution in [0.15, 0.2) is 0 Å². The summed E-state index contributed by atoms with van der Waals surface area (Å²) in [4.78, 5) is 25.1. The van der Waals surface area contributed by atoms with Gasteiger partial charge in [0.25, 0.3) is 0 Å². The number of hydrogen-bond donors (Lipinski definition) is 1. The zero-order valence-electron chi connectivity index (χ0n) is 8.86. The van der Waals surface area contributed by atoms with Crippen molar-refractivity contribution in [2.24, 2.45) is 0 Å². The van der Waals surface area contributed by atoms with E-state index in [-0.39, 0.29) is 30.4 Å². The van der Waals surface area contributed by atoms with Crippen LogP contribution in [-0.2, 0) is 14.3 Å². The van der Waals surface area contributed by atoms with Crippen LogP contribution in [0.2, 0.25) is 0 Å². The fourth-order valence-electron chi connectivity index (χ4n) is 2.25. The van der Waals surface area contributed by atoms with Crippen LogP contribution in [0.4, 0.5) is 0 Å². The molecule has 0 aromatic rings. The van der Waals surface area contributed by atoms with Crippen LogP contribution in [0.1, 0.15) is 19.8 Å². The lowest BCUT2D eigenvalue weighted by Crippen LogP contribution is -2.61. The summed E-state index contributed by atoms with van der Waals surface area (Å²) in [6.07, 6.45) is 1.50. The molecule has 2 aliphatic heterocycles. The first-order valence-corrected chi connectivity index (χ1v) is 5.40. The second kappa shape index (κ2) is 4.18. The minimum atomic E-state index is -0.307. The first-order valence-electron chi connectivity index (χ1n) is 5.40. The Hall–Kier alpha value is -1.10. The monoisotopic (exact) mass is 212 g/mol. The Balaban J connectivity index is 2.15. The molecule has 2 unspecified atom stereocenters. The van der Waals surface area contributed by atoms with E-state index in [4.69, 9.17) is 4.74 Å². The molecule has 1 N–H and O–H groups in total. The van der Waals surface area contributed by atoms with Crippen molar-refractivity contribution in [2.45, 2.75) is 31.8 Å². The molecule has 2 fully saturated rings. The molecule has 2 aliphatic rings. The minimum Gasteiger partial charge on any atom is -0.379 e. The summed E-state index contributed by atoms with van der Waals surface area (Å²) < 4.78 is 5.26. The Bertz CT molecular complexity index is 274. The van der Waals surface area contributed by atoms with E-state index < -0.39 is 0 Å². The smallest absolute Gasteiger partial charge is 0.243 e. The van der Waals surface area contributed by atoms with Crippen molar-refractivity contribution < 1.29 is 14.3 Å². The summed E-state index contributed by atoms with van der Waals surface area (Å²) in [7, 11) is 0. The summed E-state index contributed by atoms with van der Waals surface area (Å²) in [5, 5.41) is 2.62. The molecule has 0 radical (unpaired) electrons. The number of ether oxygens (including phenoxy) is 1. The molecule has 0 spiro atoms. The highest BCUT2D eigenvalue weighted by Crippen LogP contribution is 2.19. The van der Waals surface area contributed by atoms with E-state index in [1.165, 1.54) is 0 Å². The Labute approximate surface area is 88.8 Å². The van der Waals surface area contributed by atoms with Gasteiger partial charge in [0.15, 0.2) is 0 Å². The number of piperazine rings is 1. The molecule has 2 rings (SSSR count). The lowest BCUT2D eigenvalue weighted by molar-refractivity contribution is -0.148. The Morgan fingerprint density at radius 2 is 2.33 bits per heavy atom. The van der Waals surface area contributed by atoms with Gasteiger partial charge in [0, 0.05) is 6.61 Å². The number of carbonyl (C=O) groups is 2. The summed E-state index contributed by atoms with van der Waals surface area (Å²) >= 11 is 0. The van der Waals surface area contributed by atoms with Gasteiger partial charge in [-0.15, -0.1) is 0 Å². The van der Waals surface area contributed by atoms with Crippen LogP contribution >= 0.6 is 0 Å². The third kappa shape index (κ3) is 1.84. The largest absolute Gasteiger partial charge is 0.379 e. The van der Waals surface area contributed by atoms with Gasteiger partial charge in [0.2, 0.25) is 11.8 Å². The van der Waals surface area contributed by atoms with E-state index in [0.717, 1.165) is 6.42 Å². The maximum Gasteiger partial charge on any atom is 0.243 e. The van der Waals surface area contributed by atoms with Gasteiger partial charge in [-0.05, 0) is 12.8 Å². The highest BCUT2D eigenvalue weighted by molar-refractivity contribution is 5.95. The Kier molecular flexibility index (Phi) is 2.90. The summed E-state index contributed by atoms with van der Waals surface area (Å²) in [5.41, 5.74) is 0. The molecule has 15 heavy (non-hydrogen) atoms. The zero-order valence-corrected chi connectivity index (χ0v) is 8.86. The van der Waals surface area contributed by atoms with Gasteiger partial charge >= 0.3 is 0 Å². The topological polar surface area (TPSA) is 58.6 Å². The Morgan fingerprint density at radius 3 is 2.93 bits per heavy atom. The number of hydrogen-bond acceptors (Lipinski definition) is 3. The molecule has 2 atom stereocenters. The molecule has 5 heteroatoms. The molecular weight excluding hydrogens is 196 g/mol. The first kappa shape index (κ1) is 10.4. The molecule has 2 saturated heterocycles. The maximum absolute atomic E-state index is 11.8. The van der Waals surface area contributed by atoms with E-state index >= 15 is 0 Å². The van der Waals surface area contributed by atoms with Crippen LogP contribution in [0, 0.1) is 0 Å². The molecule has 5 nitrogen and oxygen atoms in total. The van der Waals surface area contributed by atoms with E-state index in [2.05, 4.69) is 5.32 Å². The lowest BCUT2D eigenvalue weighted by Gasteiger charge is -2.38. The molecule has 0 aliphatic carbocycles. The molecule has 2 heterocycles. The Morgan fingerprint density at radius 1 is 1.53 bits per heavy atom. The second-order valence-corrected chi connectivity index (χ2v) is 3.96. The van der Waals surface area contributed by atoms with Crippen LogP contribution in [-0.4, -0.2) is 48.6 Å². The van der Waals surface area contributed by atoms with Crippen LogP contribution < -0.4 is 5.32 Å². The number of carbonyl (C=O) groups excluding carboxylic acids is 2. The normalized spacial score (nSPS) is 31.9. The summed E-state index contributed by atoms with van der Waals surface area (Å²) in [5.74, 6) is -0.0269. The minimum absolute atomic E-state index is 0.0111. The van der Waals surface area contributed by atoms with Gasteiger partial charge in [0.05, 0.1) is 19.2 Å². The molecule has 0 aromatic heterocycles. The van der Waals surface area contributed by atoms with Gasteiger partial charge in [-0.25, -0.2) is 0 Å². The van der Waals surface area contributed by atoms with Crippen molar-refractivity contribution in [3.05, 3.63) is 0 Å². The maximum atomic E-state index is 11.8. The quantitative estimate of drug-likeness (QED) is 0.672. The predicted molar refractivity (Wildman–Crippen MR) is 53.2 cm³/mol. The summed E-state index contributed by atoms with van der Waals surface area (Å²) in [6, 6.07) is -0.216. The average molecular weight is 212 g/mol. The number of rotatable bonds is 2. The number of nitrogens with one attached hydrogen (secondary N) is 1. The third-order valence-corrected chi connectivity index (χ3v) is 3.03. The highest BCUT2D eigenvalue weighted by atomic mass is 16.5. The van der Waals surface area contributed by atoms with Gasteiger partial charge in [0.1, 0.15) is 6.04 Å². The lowest BCUT2D eigenvalue weighted by atomic mass is 10.1. The van der Waals surface area contributed by atoms with Crippen molar-refractivity contribution in [3.8, 4) is 0 Å². The number of amides is 2. The standard InChI is InChI=1S/C10H16N2O3/c1-2-8-10(14)11-5-9(13)12(8)7-3-4-15-6-7/h7-8H,2-6H2,1H3,(H,11,14). The van der Waals surface area contributed by atoms with Crippen molar-refractivity contribution >= 4 is 11.8 Å². The molecule has 0 bridgehead atoms. The van der Waals surface area contributed by atoms with Crippen LogP contribution in [0.3, 0.4) is 0 Å². The van der Waals surface area contributed by atoms with Crippen LogP contribution in [0.5, 0.6) is 0 Å². The van der Waals surface area contributed by atoms with Crippen molar-refractivity contribution in [1.82, 2.24) is 10.2 Å². The van der Waals surface area contributed by atoms with E-state index in [9.17, 15) is 9.59 Å². The van der Waals surface area contributed by atoms with Gasteiger partial charge < -0.3 is 15.0 Å². The third-order valence-electron chi connectivity index (χ3n) is 3.03.